The van der Waals surface area contributed by atoms with Crippen LogP contribution in [0.2, 0.25) is 0 Å². The standard InChI is InChI=1S/C10H17N.ClH/c11-10-8-4-3-7(5-8)9(10)6-1-2-6;/h6-10H,1-5,11H2;1H/t7-,8+,9-,10-;/m1./s1. The molecule has 0 saturated heterocycles. The Morgan fingerprint density at radius 2 is 1.42 bits per heavy atom. The van der Waals surface area contributed by atoms with Gasteiger partial charge in [0.1, 0.15) is 0 Å². The van der Waals surface area contributed by atoms with E-state index in [9.17, 15) is 0 Å². The normalized spacial score (nSPS) is 50.8. The smallest absolute Gasteiger partial charge is 0.0101 e. The van der Waals surface area contributed by atoms with Crippen LogP contribution in [0.4, 0.5) is 0 Å². The van der Waals surface area contributed by atoms with Gasteiger partial charge in [-0.1, -0.05) is 0 Å². The van der Waals surface area contributed by atoms with E-state index >= 15 is 0 Å². The minimum absolute atomic E-state index is 0. The zero-order valence-corrected chi connectivity index (χ0v) is 8.22. The van der Waals surface area contributed by atoms with Crippen molar-refractivity contribution in [1.29, 1.82) is 0 Å². The van der Waals surface area contributed by atoms with Crippen LogP contribution in [0.5, 0.6) is 0 Å². The van der Waals surface area contributed by atoms with Crippen molar-refractivity contribution in [3.63, 3.8) is 0 Å². The van der Waals surface area contributed by atoms with Gasteiger partial charge < -0.3 is 5.73 Å². The first kappa shape index (κ1) is 8.83. The van der Waals surface area contributed by atoms with E-state index in [1.807, 2.05) is 0 Å². The highest BCUT2D eigenvalue weighted by Gasteiger charge is 2.51. The average Bonchev–Trinajstić information content (AvgIpc) is 2.62. The van der Waals surface area contributed by atoms with E-state index in [0.29, 0.717) is 6.04 Å². The highest BCUT2D eigenvalue weighted by atomic mass is 35.5. The maximum absolute atomic E-state index is 6.21. The van der Waals surface area contributed by atoms with E-state index in [1.54, 1.807) is 0 Å². The molecule has 2 bridgehead atoms. The van der Waals surface area contributed by atoms with E-state index < -0.39 is 0 Å². The van der Waals surface area contributed by atoms with Gasteiger partial charge in [-0.25, -0.2) is 0 Å². The summed E-state index contributed by atoms with van der Waals surface area (Å²) in [7, 11) is 0. The lowest BCUT2D eigenvalue weighted by molar-refractivity contribution is 0.258. The molecule has 0 amide bonds. The molecule has 0 unspecified atom stereocenters. The van der Waals surface area contributed by atoms with Crippen molar-refractivity contribution in [1.82, 2.24) is 0 Å². The van der Waals surface area contributed by atoms with Crippen LogP contribution in [0.1, 0.15) is 32.1 Å². The quantitative estimate of drug-likeness (QED) is 0.669. The Bertz CT molecular complexity index is 177. The van der Waals surface area contributed by atoms with E-state index in [4.69, 9.17) is 5.73 Å². The van der Waals surface area contributed by atoms with Crippen LogP contribution in [0.15, 0.2) is 0 Å². The Labute approximate surface area is 80.5 Å². The molecule has 0 aromatic carbocycles. The first-order chi connectivity index (χ1) is 5.36. The molecule has 2 heteroatoms. The minimum atomic E-state index is 0. The second-order valence-corrected chi connectivity index (χ2v) is 4.83. The molecule has 2 N–H and O–H groups in total. The fourth-order valence-electron chi connectivity index (χ4n) is 3.56. The van der Waals surface area contributed by atoms with Crippen LogP contribution in [0, 0.1) is 23.7 Å². The zero-order valence-electron chi connectivity index (χ0n) is 7.41. The summed E-state index contributed by atoms with van der Waals surface area (Å²) in [6.07, 6.45) is 7.39. The molecule has 0 heterocycles. The molecule has 12 heavy (non-hydrogen) atoms. The third-order valence-corrected chi connectivity index (χ3v) is 4.21. The van der Waals surface area contributed by atoms with Crippen LogP contribution in [0.25, 0.3) is 0 Å². The molecule has 1 nitrogen and oxygen atoms in total. The number of rotatable bonds is 1. The molecule has 0 aromatic rings. The van der Waals surface area contributed by atoms with Crippen molar-refractivity contribution >= 4 is 12.4 Å². The fraction of sp³-hybridized carbons (Fsp3) is 1.00. The summed E-state index contributed by atoms with van der Waals surface area (Å²) in [5.74, 6) is 3.97. The van der Waals surface area contributed by atoms with E-state index in [-0.39, 0.29) is 12.4 Å². The zero-order chi connectivity index (χ0) is 7.42. The third kappa shape index (κ3) is 1.10. The molecule has 3 saturated carbocycles. The molecule has 0 aromatic heterocycles. The minimum Gasteiger partial charge on any atom is -0.327 e. The molecule has 0 spiro atoms. The van der Waals surface area contributed by atoms with Crippen LogP contribution in [0.3, 0.4) is 0 Å². The first-order valence-corrected chi connectivity index (χ1v) is 5.12. The number of halogens is 1. The molecule has 3 rings (SSSR count). The summed E-state index contributed by atoms with van der Waals surface area (Å²) in [5, 5.41) is 0. The van der Waals surface area contributed by atoms with Gasteiger partial charge in [0.2, 0.25) is 0 Å². The lowest BCUT2D eigenvalue weighted by atomic mass is 9.82. The lowest BCUT2D eigenvalue weighted by Gasteiger charge is -2.27. The van der Waals surface area contributed by atoms with Crippen molar-refractivity contribution < 1.29 is 0 Å². The Hall–Kier alpha value is 0.250. The van der Waals surface area contributed by atoms with Gasteiger partial charge in [0.05, 0.1) is 0 Å². The molecule has 0 aliphatic heterocycles. The van der Waals surface area contributed by atoms with Gasteiger partial charge in [0.15, 0.2) is 0 Å². The summed E-state index contributed by atoms with van der Waals surface area (Å²) in [4.78, 5) is 0. The maximum Gasteiger partial charge on any atom is 0.0101 e. The molecular weight excluding hydrogens is 170 g/mol. The Kier molecular flexibility index (Phi) is 2.12. The van der Waals surface area contributed by atoms with E-state index in [1.165, 1.54) is 32.1 Å². The van der Waals surface area contributed by atoms with Crippen LogP contribution in [-0.2, 0) is 0 Å². The highest BCUT2D eigenvalue weighted by Crippen LogP contribution is 2.55. The second kappa shape index (κ2) is 2.88. The Morgan fingerprint density at radius 1 is 0.833 bits per heavy atom. The summed E-state index contributed by atoms with van der Waals surface area (Å²) in [6.45, 7) is 0. The molecule has 70 valence electrons. The predicted octanol–water partition coefficient (Wildman–Crippen LogP) is 2.19. The predicted molar refractivity (Wildman–Crippen MR) is 52.3 cm³/mol. The first-order valence-electron chi connectivity index (χ1n) is 5.12. The SMILES string of the molecule is Cl.N[C@@H]1[C@H]2CC[C@H](C2)[C@H]1C1CC1. The Balaban J connectivity index is 0.000000563. The van der Waals surface area contributed by atoms with Gasteiger partial charge in [-0.15, -0.1) is 12.4 Å². The summed E-state index contributed by atoms with van der Waals surface area (Å²) in [6, 6.07) is 0.598. The van der Waals surface area contributed by atoms with Gasteiger partial charge in [0.25, 0.3) is 0 Å². The second-order valence-electron chi connectivity index (χ2n) is 4.83. The van der Waals surface area contributed by atoms with Gasteiger partial charge >= 0.3 is 0 Å². The molecule has 3 aliphatic rings. The van der Waals surface area contributed by atoms with Crippen molar-refractivity contribution in [2.45, 2.75) is 38.1 Å². The van der Waals surface area contributed by atoms with Gasteiger partial charge in [-0.3, -0.25) is 0 Å². The van der Waals surface area contributed by atoms with Crippen molar-refractivity contribution in [2.75, 3.05) is 0 Å². The van der Waals surface area contributed by atoms with Crippen LogP contribution >= 0.6 is 12.4 Å². The average molecular weight is 188 g/mol. The number of fused-ring (bicyclic) bond motifs is 2. The van der Waals surface area contributed by atoms with Crippen molar-refractivity contribution in [3.05, 3.63) is 0 Å². The monoisotopic (exact) mass is 187 g/mol. The summed E-state index contributed by atoms with van der Waals surface area (Å²) in [5.41, 5.74) is 6.21. The largest absolute Gasteiger partial charge is 0.327 e. The Morgan fingerprint density at radius 3 is 1.92 bits per heavy atom. The molecule has 0 radical (unpaired) electrons. The topological polar surface area (TPSA) is 26.0 Å². The lowest BCUT2D eigenvalue weighted by Crippen LogP contribution is -2.36. The van der Waals surface area contributed by atoms with Crippen molar-refractivity contribution in [3.8, 4) is 0 Å². The summed E-state index contributed by atoms with van der Waals surface area (Å²) >= 11 is 0. The van der Waals surface area contributed by atoms with Gasteiger partial charge in [0, 0.05) is 6.04 Å². The molecule has 3 fully saturated rings. The maximum atomic E-state index is 6.21. The number of hydrogen-bond donors (Lipinski definition) is 1. The van der Waals surface area contributed by atoms with Gasteiger partial charge in [-0.2, -0.15) is 0 Å². The van der Waals surface area contributed by atoms with E-state index in [0.717, 1.165) is 23.7 Å². The fourth-order valence-corrected chi connectivity index (χ4v) is 3.56. The van der Waals surface area contributed by atoms with Gasteiger partial charge in [-0.05, 0) is 55.8 Å². The number of hydrogen-bond acceptors (Lipinski definition) is 1. The van der Waals surface area contributed by atoms with E-state index in [2.05, 4.69) is 0 Å². The summed E-state index contributed by atoms with van der Waals surface area (Å²) < 4.78 is 0. The highest BCUT2D eigenvalue weighted by molar-refractivity contribution is 5.85. The molecule has 4 atom stereocenters. The molecule has 3 aliphatic carbocycles. The number of nitrogens with two attached hydrogens (primary N) is 1. The third-order valence-electron chi connectivity index (χ3n) is 4.21. The van der Waals surface area contributed by atoms with Crippen molar-refractivity contribution in [2.24, 2.45) is 29.4 Å². The molecular formula is C10H18ClN. The van der Waals surface area contributed by atoms with Crippen LogP contribution < -0.4 is 5.73 Å². The van der Waals surface area contributed by atoms with Crippen LogP contribution in [-0.4, -0.2) is 6.04 Å².